The standard InChI is InChI=1S/C49H75N9O11/c1-27(2)20-34(42(61)52-26-50)43(62)54-35(21-28(3)4)44(63)51-25-39(60)53-36(23-32-16-12-10-13-17-32)45(64)57-40(30(7)8)47(66)55-37(24-33-18-14-11-15-19-33)46(65)58-41(31(9)59)48(67)56-38(49(68)69)22-29(5)6/h10-19,27-31,34-38,40-41,59H,20-26,50H2,1-9H3,(H,51,63)(H,52,61)(H,53,60)(H,54,62)(H,55,66)(H,56,67)(H,57,64)(H,58,65)(H,68,69)/t31-,34-,35+,36+,37+,38+,40+,41+/m1/s1. The summed E-state index contributed by atoms with van der Waals surface area (Å²) in [6, 6.07) is 9.40. The van der Waals surface area contributed by atoms with Crippen LogP contribution in [0.15, 0.2) is 60.7 Å². The number of carboxylic acid groups (broad SMARTS) is 1. The zero-order valence-corrected chi connectivity index (χ0v) is 41.3. The highest BCUT2D eigenvalue weighted by molar-refractivity contribution is 6.02. The van der Waals surface area contributed by atoms with E-state index in [2.05, 4.69) is 42.5 Å². The Bertz CT molecular complexity index is 2020. The molecule has 382 valence electrons. The number of aliphatic hydroxyl groups excluding tert-OH is 1. The zero-order chi connectivity index (χ0) is 52.0. The molecule has 2 aromatic rings. The van der Waals surface area contributed by atoms with E-state index < -0.39 is 114 Å². The molecule has 0 radical (unpaired) electrons. The molecule has 20 nitrogen and oxygen atoms in total. The van der Waals surface area contributed by atoms with Gasteiger partial charge in [0, 0.05) is 12.8 Å². The van der Waals surface area contributed by atoms with Crippen LogP contribution in [0.2, 0.25) is 0 Å². The number of carbonyl (C=O) groups is 9. The van der Waals surface area contributed by atoms with E-state index in [0.717, 1.165) is 0 Å². The van der Waals surface area contributed by atoms with E-state index in [4.69, 9.17) is 5.73 Å². The number of nitrogens with two attached hydrogens (primary N) is 1. The number of benzene rings is 2. The molecule has 0 saturated carbocycles. The molecule has 0 aliphatic heterocycles. The van der Waals surface area contributed by atoms with Gasteiger partial charge in [0.25, 0.3) is 0 Å². The second-order valence-electron chi connectivity index (χ2n) is 18.9. The first kappa shape index (κ1) is 58.7. The van der Waals surface area contributed by atoms with Crippen LogP contribution in [-0.4, -0.2) is 119 Å². The van der Waals surface area contributed by atoms with Gasteiger partial charge < -0.3 is 58.5 Å². The maximum atomic E-state index is 14.2. The van der Waals surface area contributed by atoms with Crippen LogP contribution in [0.3, 0.4) is 0 Å². The summed E-state index contributed by atoms with van der Waals surface area (Å²) in [7, 11) is 0. The van der Waals surface area contributed by atoms with E-state index in [1.807, 2.05) is 27.7 Å². The molecule has 2 rings (SSSR count). The minimum Gasteiger partial charge on any atom is -0.480 e. The molecule has 0 unspecified atom stereocenters. The average molecular weight is 966 g/mol. The Morgan fingerprint density at radius 2 is 0.913 bits per heavy atom. The molecule has 0 saturated heterocycles. The van der Waals surface area contributed by atoms with Gasteiger partial charge in [-0.05, 0) is 61.0 Å². The minimum atomic E-state index is -1.61. The molecule has 0 aromatic heterocycles. The van der Waals surface area contributed by atoms with Crippen molar-refractivity contribution in [3.8, 4) is 0 Å². The van der Waals surface area contributed by atoms with Crippen molar-refractivity contribution in [3.63, 3.8) is 0 Å². The van der Waals surface area contributed by atoms with Gasteiger partial charge in [0.1, 0.15) is 42.2 Å². The van der Waals surface area contributed by atoms with Crippen LogP contribution < -0.4 is 48.3 Å². The number of carbonyl (C=O) groups excluding carboxylic acids is 8. The first-order chi connectivity index (χ1) is 32.4. The van der Waals surface area contributed by atoms with Crippen molar-refractivity contribution in [2.45, 2.75) is 137 Å². The molecule has 0 aliphatic rings. The van der Waals surface area contributed by atoms with Crippen molar-refractivity contribution in [1.29, 1.82) is 0 Å². The van der Waals surface area contributed by atoms with Gasteiger partial charge in [-0.3, -0.25) is 38.4 Å². The second-order valence-corrected chi connectivity index (χ2v) is 18.9. The largest absolute Gasteiger partial charge is 0.480 e. The average Bonchev–Trinajstić information content (AvgIpc) is 3.27. The lowest BCUT2D eigenvalue weighted by Gasteiger charge is -2.29. The predicted molar refractivity (Wildman–Crippen MR) is 258 cm³/mol. The normalized spacial score (nSPS) is 14.8. The molecule has 20 heteroatoms. The maximum absolute atomic E-state index is 14.2. The van der Waals surface area contributed by atoms with Crippen molar-refractivity contribution < 1.29 is 53.4 Å². The van der Waals surface area contributed by atoms with Gasteiger partial charge >= 0.3 is 5.97 Å². The molecule has 0 bridgehead atoms. The third kappa shape index (κ3) is 21.2. The van der Waals surface area contributed by atoms with E-state index in [1.54, 1.807) is 88.4 Å². The molecule has 0 spiro atoms. The topological polar surface area (TPSA) is 316 Å². The number of aliphatic hydroxyl groups is 1. The SMILES string of the molecule is CC(C)C[C@H](C(=O)NCN)C(=O)N[C@@H](CC(C)C)C(=O)NCC(=O)N[C@@H](Cc1ccccc1)C(=O)N[C@H](C(=O)N[C@@H](Cc1ccccc1)C(=O)N[C@H](C(=O)N[C@@H](CC(C)C)C(=O)O)[C@@H](C)O)C(C)C. The molecule has 0 heterocycles. The van der Waals surface area contributed by atoms with Crippen molar-refractivity contribution in [3.05, 3.63) is 71.8 Å². The van der Waals surface area contributed by atoms with E-state index in [-0.39, 0.29) is 56.5 Å². The maximum Gasteiger partial charge on any atom is 0.326 e. The Morgan fingerprint density at radius 1 is 0.478 bits per heavy atom. The molecule has 0 fully saturated rings. The third-order valence-corrected chi connectivity index (χ3v) is 10.9. The zero-order valence-electron chi connectivity index (χ0n) is 41.3. The summed E-state index contributed by atoms with van der Waals surface area (Å²) < 4.78 is 0. The number of amides is 8. The molecule has 8 atom stereocenters. The number of nitrogens with one attached hydrogen (secondary N) is 8. The number of rotatable bonds is 29. The number of aliphatic carboxylic acids is 1. The van der Waals surface area contributed by atoms with Gasteiger partial charge in [0.05, 0.1) is 19.3 Å². The van der Waals surface area contributed by atoms with Crippen LogP contribution >= 0.6 is 0 Å². The summed E-state index contributed by atoms with van der Waals surface area (Å²) in [4.78, 5) is 121. The van der Waals surface area contributed by atoms with Crippen LogP contribution in [0.4, 0.5) is 0 Å². The Balaban J connectivity index is 2.35. The van der Waals surface area contributed by atoms with Crippen LogP contribution in [0.25, 0.3) is 0 Å². The Morgan fingerprint density at radius 3 is 1.36 bits per heavy atom. The van der Waals surface area contributed by atoms with Gasteiger partial charge in [0.2, 0.25) is 47.3 Å². The molecule has 8 amide bonds. The van der Waals surface area contributed by atoms with Crippen molar-refractivity contribution in [2.75, 3.05) is 13.2 Å². The summed E-state index contributed by atoms with van der Waals surface area (Å²) >= 11 is 0. The van der Waals surface area contributed by atoms with Crippen molar-refractivity contribution in [1.82, 2.24) is 42.5 Å². The molecule has 2 aromatic carbocycles. The van der Waals surface area contributed by atoms with Crippen LogP contribution in [0.5, 0.6) is 0 Å². The van der Waals surface area contributed by atoms with Crippen LogP contribution in [0, 0.1) is 29.6 Å². The van der Waals surface area contributed by atoms with Gasteiger partial charge in [-0.15, -0.1) is 0 Å². The van der Waals surface area contributed by atoms with Crippen molar-refractivity contribution >= 4 is 53.2 Å². The predicted octanol–water partition coefficient (Wildman–Crippen LogP) is 0.405. The lowest BCUT2D eigenvalue weighted by molar-refractivity contribution is -0.143. The fourth-order valence-corrected chi connectivity index (χ4v) is 7.32. The number of hydrogen-bond donors (Lipinski definition) is 11. The summed E-state index contributed by atoms with van der Waals surface area (Å²) in [5.74, 6) is -9.31. The smallest absolute Gasteiger partial charge is 0.326 e. The fraction of sp³-hybridized carbons (Fsp3) is 0.571. The van der Waals surface area contributed by atoms with E-state index in [1.165, 1.54) is 6.92 Å². The molecule has 69 heavy (non-hydrogen) atoms. The monoisotopic (exact) mass is 966 g/mol. The summed E-state index contributed by atoms with van der Waals surface area (Å²) in [5.41, 5.74) is 6.75. The Kier molecular flexibility index (Phi) is 25.1. The Hall–Kier alpha value is -6.41. The lowest BCUT2D eigenvalue weighted by atomic mass is 9.94. The molecule has 12 N–H and O–H groups in total. The summed E-state index contributed by atoms with van der Waals surface area (Å²) in [6.07, 6.45) is -1.13. The van der Waals surface area contributed by atoms with E-state index in [9.17, 15) is 53.4 Å². The highest BCUT2D eigenvalue weighted by Crippen LogP contribution is 2.15. The van der Waals surface area contributed by atoms with Gasteiger partial charge in [-0.25, -0.2) is 4.79 Å². The van der Waals surface area contributed by atoms with Gasteiger partial charge in [-0.1, -0.05) is 116 Å². The first-order valence-corrected chi connectivity index (χ1v) is 23.5. The van der Waals surface area contributed by atoms with Gasteiger partial charge in [-0.2, -0.15) is 0 Å². The van der Waals surface area contributed by atoms with E-state index >= 15 is 0 Å². The second kappa shape index (κ2) is 29.5. The Labute approximate surface area is 405 Å². The number of carboxylic acids is 1. The molecular formula is C49H75N9O11. The highest BCUT2D eigenvalue weighted by Gasteiger charge is 2.36. The van der Waals surface area contributed by atoms with Crippen molar-refractivity contribution in [2.24, 2.45) is 35.3 Å². The summed E-state index contributed by atoms with van der Waals surface area (Å²) in [6.45, 7) is 14.7. The van der Waals surface area contributed by atoms with Crippen LogP contribution in [-0.2, 0) is 56.0 Å². The quantitative estimate of drug-likeness (QED) is 0.0390. The highest BCUT2D eigenvalue weighted by atomic mass is 16.4. The molecule has 0 aliphatic carbocycles. The van der Waals surface area contributed by atoms with Gasteiger partial charge in [0.15, 0.2) is 0 Å². The lowest BCUT2D eigenvalue weighted by Crippen LogP contribution is -2.62. The molecular weight excluding hydrogens is 891 g/mol. The first-order valence-electron chi connectivity index (χ1n) is 23.5. The third-order valence-electron chi connectivity index (χ3n) is 10.9. The fourth-order valence-electron chi connectivity index (χ4n) is 7.32. The number of hydrogen-bond acceptors (Lipinski definition) is 11. The van der Waals surface area contributed by atoms with E-state index in [0.29, 0.717) is 11.1 Å². The van der Waals surface area contributed by atoms with Crippen LogP contribution in [0.1, 0.15) is 92.7 Å². The minimum absolute atomic E-state index is 0.0331. The summed E-state index contributed by atoms with van der Waals surface area (Å²) in [5, 5.41) is 40.8.